The molecule has 1 N–H and O–H groups in total. The van der Waals surface area contributed by atoms with Gasteiger partial charge in [0.15, 0.2) is 0 Å². The molecule has 4 aromatic rings. The summed E-state index contributed by atoms with van der Waals surface area (Å²) in [4.78, 5) is 17.1. The fraction of sp³-hybridized carbons (Fsp3) is 0.182. The third kappa shape index (κ3) is 4.00. The van der Waals surface area contributed by atoms with Crippen molar-refractivity contribution >= 4 is 33.3 Å². The van der Waals surface area contributed by atoms with Crippen molar-refractivity contribution in [2.24, 2.45) is 0 Å². The zero-order chi connectivity index (χ0) is 20.5. The fourth-order valence-electron chi connectivity index (χ4n) is 3.03. The number of aryl methyl sites for hydroxylation is 1. The molecule has 146 valence electrons. The molecule has 0 spiro atoms. The highest BCUT2D eigenvalue weighted by atomic mass is 32.1. The highest BCUT2D eigenvalue weighted by Crippen LogP contribution is 2.28. The van der Waals surface area contributed by atoms with Crippen molar-refractivity contribution in [3.63, 3.8) is 0 Å². The van der Waals surface area contributed by atoms with Gasteiger partial charge in [0.25, 0.3) is 5.91 Å². The lowest BCUT2D eigenvalue weighted by Crippen LogP contribution is -2.14. The van der Waals surface area contributed by atoms with E-state index in [2.05, 4.69) is 46.5 Å². The number of carbonyl (C=O) groups is 1. The van der Waals surface area contributed by atoms with Crippen molar-refractivity contribution in [2.45, 2.75) is 26.7 Å². The third-order valence-corrected chi connectivity index (χ3v) is 5.57. The highest BCUT2D eigenvalue weighted by molar-refractivity contribution is 7.18. The Morgan fingerprint density at radius 1 is 1.07 bits per heavy atom. The normalized spacial score (nSPS) is 11.2. The summed E-state index contributed by atoms with van der Waals surface area (Å²) in [5.74, 6) is -0.216. The number of benzene rings is 2. The fourth-order valence-corrected chi connectivity index (χ4v) is 3.78. The average Bonchev–Trinajstić information content (AvgIpc) is 3.15. The number of halogens is 1. The molecule has 2 aromatic heterocycles. The number of aromatic nitrogens is 3. The maximum Gasteiger partial charge on any atom is 0.259 e. The van der Waals surface area contributed by atoms with Crippen molar-refractivity contribution in [3.05, 3.63) is 71.2 Å². The molecule has 29 heavy (non-hydrogen) atoms. The molecule has 0 radical (unpaired) electrons. The van der Waals surface area contributed by atoms with E-state index in [-0.39, 0.29) is 11.7 Å². The summed E-state index contributed by atoms with van der Waals surface area (Å²) < 4.78 is 13.4. The van der Waals surface area contributed by atoms with E-state index in [1.807, 2.05) is 12.1 Å². The molecule has 0 saturated heterocycles. The molecule has 0 saturated carbocycles. The number of hydrogen-bond acceptors (Lipinski definition) is 5. The Morgan fingerprint density at radius 2 is 1.83 bits per heavy atom. The number of pyridine rings is 1. The molecule has 0 aliphatic heterocycles. The van der Waals surface area contributed by atoms with Crippen LogP contribution in [0.1, 0.15) is 41.4 Å². The van der Waals surface area contributed by atoms with Crippen LogP contribution in [0.4, 0.5) is 9.52 Å². The molecule has 0 atom stereocenters. The number of nitrogens with zero attached hydrogens (tertiary/aromatic N) is 3. The van der Waals surface area contributed by atoms with Gasteiger partial charge in [-0.1, -0.05) is 49.4 Å². The summed E-state index contributed by atoms with van der Waals surface area (Å²) >= 11 is 1.31. The Bertz CT molecular complexity index is 1200. The van der Waals surface area contributed by atoms with Gasteiger partial charge in [0.1, 0.15) is 10.8 Å². The number of fused-ring (bicyclic) bond motifs is 1. The molecule has 2 heterocycles. The first-order valence-electron chi connectivity index (χ1n) is 9.23. The Labute approximate surface area is 171 Å². The van der Waals surface area contributed by atoms with E-state index < -0.39 is 0 Å². The van der Waals surface area contributed by atoms with Gasteiger partial charge in [-0.15, -0.1) is 10.2 Å². The van der Waals surface area contributed by atoms with Crippen LogP contribution >= 0.6 is 11.3 Å². The Balaban J connectivity index is 1.55. The lowest BCUT2D eigenvalue weighted by molar-refractivity contribution is 0.102. The largest absolute Gasteiger partial charge is 0.296 e. The molecule has 0 unspecified atom stereocenters. The smallest absolute Gasteiger partial charge is 0.259 e. The number of nitrogens with one attached hydrogen (secondary N) is 1. The SMILES string of the molecule is Cc1nc2cc(F)ccc2cc1C(=O)Nc1nnc(-c2ccc(C(C)C)cc2)s1. The van der Waals surface area contributed by atoms with Crippen LogP contribution in [0.15, 0.2) is 48.5 Å². The molecular weight excluding hydrogens is 387 g/mol. The number of amides is 1. The molecule has 4 rings (SSSR count). The van der Waals surface area contributed by atoms with E-state index in [9.17, 15) is 9.18 Å². The summed E-state index contributed by atoms with van der Waals surface area (Å²) in [5.41, 5.74) is 3.67. The van der Waals surface area contributed by atoms with Crippen LogP contribution in [0.3, 0.4) is 0 Å². The minimum absolute atomic E-state index is 0.320. The summed E-state index contributed by atoms with van der Waals surface area (Å²) in [6.07, 6.45) is 0. The van der Waals surface area contributed by atoms with Crippen LogP contribution in [-0.2, 0) is 0 Å². The second-order valence-electron chi connectivity index (χ2n) is 7.10. The first-order valence-corrected chi connectivity index (χ1v) is 10.0. The van der Waals surface area contributed by atoms with Crippen LogP contribution in [0, 0.1) is 12.7 Å². The molecule has 1 amide bonds. The monoisotopic (exact) mass is 406 g/mol. The van der Waals surface area contributed by atoms with Gasteiger partial charge in [-0.25, -0.2) is 4.39 Å². The van der Waals surface area contributed by atoms with E-state index in [1.165, 1.54) is 29.0 Å². The standard InChI is InChI=1S/C22H19FN4OS/c1-12(2)14-4-6-15(7-5-14)21-26-27-22(29-21)25-20(28)18-10-16-8-9-17(23)11-19(16)24-13(18)3/h4-12H,1-3H3,(H,25,27,28). The number of rotatable bonds is 4. The second kappa shape index (κ2) is 7.67. The third-order valence-electron chi connectivity index (χ3n) is 4.68. The first kappa shape index (κ1) is 19.1. The van der Waals surface area contributed by atoms with Crippen molar-refractivity contribution in [3.8, 4) is 10.6 Å². The summed E-state index contributed by atoms with van der Waals surface area (Å²) in [5, 5.41) is 12.9. The van der Waals surface area contributed by atoms with Crippen LogP contribution in [0.25, 0.3) is 21.5 Å². The number of anilines is 1. The van der Waals surface area contributed by atoms with Gasteiger partial charge in [-0.2, -0.15) is 0 Å². The predicted molar refractivity (Wildman–Crippen MR) is 114 cm³/mol. The van der Waals surface area contributed by atoms with Crippen LogP contribution < -0.4 is 5.32 Å². The van der Waals surface area contributed by atoms with E-state index in [0.29, 0.717) is 33.2 Å². The lowest BCUT2D eigenvalue weighted by Gasteiger charge is -2.07. The minimum atomic E-state index is -0.357. The molecular formula is C22H19FN4OS. The summed E-state index contributed by atoms with van der Waals surface area (Å²) in [6.45, 7) is 6.02. The van der Waals surface area contributed by atoms with Crippen molar-refractivity contribution < 1.29 is 9.18 Å². The van der Waals surface area contributed by atoms with E-state index in [1.54, 1.807) is 19.1 Å². The van der Waals surface area contributed by atoms with Gasteiger partial charge in [0.05, 0.1) is 16.8 Å². The zero-order valence-corrected chi connectivity index (χ0v) is 17.0. The zero-order valence-electron chi connectivity index (χ0n) is 16.2. The molecule has 0 bridgehead atoms. The van der Waals surface area contributed by atoms with Crippen LogP contribution in [-0.4, -0.2) is 21.1 Å². The summed E-state index contributed by atoms with van der Waals surface area (Å²) in [7, 11) is 0. The average molecular weight is 406 g/mol. The van der Waals surface area contributed by atoms with E-state index in [0.717, 1.165) is 10.6 Å². The Hall–Kier alpha value is -3.19. The maximum absolute atomic E-state index is 13.4. The predicted octanol–water partition coefficient (Wildman–Crippen LogP) is 5.58. The molecule has 7 heteroatoms. The molecule has 2 aromatic carbocycles. The Kier molecular flexibility index (Phi) is 5.07. The van der Waals surface area contributed by atoms with Gasteiger partial charge in [0, 0.05) is 17.0 Å². The van der Waals surface area contributed by atoms with Gasteiger partial charge >= 0.3 is 0 Å². The van der Waals surface area contributed by atoms with E-state index >= 15 is 0 Å². The van der Waals surface area contributed by atoms with Crippen molar-refractivity contribution in [2.75, 3.05) is 5.32 Å². The quantitative estimate of drug-likeness (QED) is 0.481. The first-order chi connectivity index (χ1) is 13.9. The van der Waals surface area contributed by atoms with Gasteiger partial charge in [-0.05, 0) is 36.6 Å². The molecule has 0 aliphatic carbocycles. The lowest BCUT2D eigenvalue weighted by atomic mass is 10.0. The van der Waals surface area contributed by atoms with Gasteiger partial charge < -0.3 is 0 Å². The van der Waals surface area contributed by atoms with Crippen molar-refractivity contribution in [1.29, 1.82) is 0 Å². The minimum Gasteiger partial charge on any atom is -0.296 e. The topological polar surface area (TPSA) is 67.8 Å². The van der Waals surface area contributed by atoms with E-state index in [4.69, 9.17) is 0 Å². The number of hydrogen-bond donors (Lipinski definition) is 1. The van der Waals surface area contributed by atoms with Crippen molar-refractivity contribution in [1.82, 2.24) is 15.2 Å². The second-order valence-corrected chi connectivity index (χ2v) is 8.08. The van der Waals surface area contributed by atoms with Gasteiger partial charge in [0.2, 0.25) is 5.13 Å². The highest BCUT2D eigenvalue weighted by Gasteiger charge is 2.15. The van der Waals surface area contributed by atoms with Crippen LogP contribution in [0.2, 0.25) is 0 Å². The van der Waals surface area contributed by atoms with Gasteiger partial charge in [-0.3, -0.25) is 15.1 Å². The van der Waals surface area contributed by atoms with Crippen LogP contribution in [0.5, 0.6) is 0 Å². The molecule has 0 aliphatic rings. The Morgan fingerprint density at radius 3 is 2.55 bits per heavy atom. The maximum atomic E-state index is 13.4. The molecule has 5 nitrogen and oxygen atoms in total. The number of carbonyl (C=O) groups excluding carboxylic acids is 1. The molecule has 0 fully saturated rings. The summed E-state index contributed by atoms with van der Waals surface area (Å²) in [6, 6.07) is 14.2.